The van der Waals surface area contributed by atoms with Crippen LogP contribution in [0.1, 0.15) is 25.3 Å². The molecule has 0 spiro atoms. The normalized spacial score (nSPS) is 18.5. The van der Waals surface area contributed by atoms with Crippen molar-refractivity contribution in [2.45, 2.75) is 37.2 Å². The highest BCUT2D eigenvalue weighted by molar-refractivity contribution is 7.86. The maximum atomic E-state index is 12.0. The first-order valence-electron chi connectivity index (χ1n) is 5.64. The molecule has 92 valence electrons. The molecule has 1 aliphatic rings. The Labute approximate surface area is 102 Å². The van der Waals surface area contributed by atoms with Crippen LogP contribution in [0.3, 0.4) is 0 Å². The highest BCUT2D eigenvalue weighted by Crippen LogP contribution is 2.43. The van der Waals surface area contributed by atoms with Crippen LogP contribution in [0.5, 0.6) is 0 Å². The number of hydrogen-bond donors (Lipinski definition) is 0. The molecule has 2 rings (SSSR count). The van der Waals surface area contributed by atoms with Gasteiger partial charge in [-0.3, -0.25) is 4.18 Å². The van der Waals surface area contributed by atoms with Crippen molar-refractivity contribution in [2.75, 3.05) is 0 Å². The fourth-order valence-corrected chi connectivity index (χ4v) is 2.90. The molecule has 0 atom stereocenters. The summed E-state index contributed by atoms with van der Waals surface area (Å²) in [5.41, 5.74) is 0.442. The summed E-state index contributed by atoms with van der Waals surface area (Å²) in [6, 6.07) is 6.70. The minimum atomic E-state index is -3.65. The van der Waals surface area contributed by atoms with Gasteiger partial charge in [-0.15, -0.1) is 0 Å². The van der Waals surface area contributed by atoms with Gasteiger partial charge in [0.05, 0.1) is 4.90 Å². The van der Waals surface area contributed by atoms with Gasteiger partial charge in [0, 0.05) is 0 Å². The number of aryl methyl sites for hydroxylation is 1. The van der Waals surface area contributed by atoms with Gasteiger partial charge in [0.15, 0.2) is 0 Å². The summed E-state index contributed by atoms with van der Waals surface area (Å²) in [4.78, 5) is 0.221. The minimum Gasteiger partial charge on any atom is -0.255 e. The largest absolute Gasteiger partial charge is 0.297 e. The molecule has 1 aromatic rings. The first-order chi connectivity index (χ1) is 7.97. The fourth-order valence-electron chi connectivity index (χ4n) is 1.68. The summed E-state index contributed by atoms with van der Waals surface area (Å²) in [7, 11) is -3.65. The molecule has 0 heterocycles. The Morgan fingerprint density at radius 2 is 1.82 bits per heavy atom. The SMILES string of the molecule is C/C=C/C1(OS(=O)(=O)c2ccc(C)cc2)CC1. The summed E-state index contributed by atoms with van der Waals surface area (Å²) in [6.45, 7) is 3.78. The average Bonchev–Trinajstić information content (AvgIpc) is 2.98. The summed E-state index contributed by atoms with van der Waals surface area (Å²) in [6.07, 6.45) is 5.18. The van der Waals surface area contributed by atoms with Crippen LogP contribution in [-0.4, -0.2) is 14.0 Å². The highest BCUT2D eigenvalue weighted by Gasteiger charge is 2.45. The van der Waals surface area contributed by atoms with Gasteiger partial charge in [0.2, 0.25) is 0 Å². The lowest BCUT2D eigenvalue weighted by atomic mass is 10.2. The molecule has 0 N–H and O–H groups in total. The van der Waals surface area contributed by atoms with Crippen LogP contribution in [0.2, 0.25) is 0 Å². The monoisotopic (exact) mass is 252 g/mol. The van der Waals surface area contributed by atoms with Crippen LogP contribution in [0, 0.1) is 6.92 Å². The van der Waals surface area contributed by atoms with E-state index in [1.54, 1.807) is 24.3 Å². The smallest absolute Gasteiger partial charge is 0.255 e. The van der Waals surface area contributed by atoms with Crippen LogP contribution in [0.15, 0.2) is 41.3 Å². The van der Waals surface area contributed by atoms with Crippen molar-refractivity contribution in [3.63, 3.8) is 0 Å². The third-order valence-corrected chi connectivity index (χ3v) is 4.20. The third-order valence-electron chi connectivity index (χ3n) is 2.80. The summed E-state index contributed by atoms with van der Waals surface area (Å²) < 4.78 is 29.3. The molecular weight excluding hydrogens is 236 g/mol. The van der Waals surface area contributed by atoms with Crippen molar-refractivity contribution < 1.29 is 12.6 Å². The summed E-state index contributed by atoms with van der Waals surface area (Å²) >= 11 is 0. The van der Waals surface area contributed by atoms with E-state index in [0.29, 0.717) is 0 Å². The summed E-state index contributed by atoms with van der Waals surface area (Å²) in [5, 5.41) is 0. The van der Waals surface area contributed by atoms with E-state index in [0.717, 1.165) is 18.4 Å². The fraction of sp³-hybridized carbons (Fsp3) is 0.385. The Bertz CT molecular complexity index is 522. The molecule has 4 heteroatoms. The minimum absolute atomic E-state index is 0.221. The highest BCUT2D eigenvalue weighted by atomic mass is 32.2. The maximum absolute atomic E-state index is 12.0. The molecule has 1 aliphatic carbocycles. The topological polar surface area (TPSA) is 43.4 Å². The van der Waals surface area contributed by atoms with Crippen LogP contribution in [-0.2, 0) is 14.3 Å². The van der Waals surface area contributed by atoms with E-state index in [1.807, 2.05) is 26.0 Å². The Morgan fingerprint density at radius 3 is 2.29 bits per heavy atom. The Morgan fingerprint density at radius 1 is 1.24 bits per heavy atom. The van der Waals surface area contributed by atoms with E-state index < -0.39 is 15.7 Å². The van der Waals surface area contributed by atoms with Crippen molar-refractivity contribution in [1.82, 2.24) is 0 Å². The van der Waals surface area contributed by atoms with E-state index in [-0.39, 0.29) is 4.90 Å². The molecule has 0 amide bonds. The van der Waals surface area contributed by atoms with Crippen LogP contribution >= 0.6 is 0 Å². The average molecular weight is 252 g/mol. The molecule has 3 nitrogen and oxygen atoms in total. The van der Waals surface area contributed by atoms with Gasteiger partial charge in [-0.25, -0.2) is 0 Å². The standard InChI is InChI=1S/C13H16O3S/c1-3-8-13(9-10-13)16-17(14,15)12-6-4-11(2)5-7-12/h3-8H,9-10H2,1-2H3/b8-3+. The molecule has 1 fully saturated rings. The van der Waals surface area contributed by atoms with Crippen molar-refractivity contribution in [1.29, 1.82) is 0 Å². The molecule has 1 saturated carbocycles. The first-order valence-corrected chi connectivity index (χ1v) is 7.04. The molecule has 0 aromatic heterocycles. The van der Waals surface area contributed by atoms with Gasteiger partial charge in [0.1, 0.15) is 5.60 Å². The second-order valence-corrected chi connectivity index (χ2v) is 5.96. The van der Waals surface area contributed by atoms with Crippen LogP contribution < -0.4 is 0 Å². The van der Waals surface area contributed by atoms with Gasteiger partial charge in [0.25, 0.3) is 10.1 Å². The van der Waals surface area contributed by atoms with Gasteiger partial charge < -0.3 is 0 Å². The van der Waals surface area contributed by atoms with Crippen molar-refractivity contribution in [2.24, 2.45) is 0 Å². The van der Waals surface area contributed by atoms with E-state index in [1.165, 1.54) is 0 Å². The van der Waals surface area contributed by atoms with Gasteiger partial charge in [-0.1, -0.05) is 29.8 Å². The van der Waals surface area contributed by atoms with Crippen molar-refractivity contribution in [3.8, 4) is 0 Å². The van der Waals surface area contributed by atoms with Crippen molar-refractivity contribution >= 4 is 10.1 Å². The predicted octanol–water partition coefficient (Wildman–Crippen LogP) is 2.81. The van der Waals surface area contributed by atoms with E-state index in [9.17, 15) is 8.42 Å². The van der Waals surface area contributed by atoms with Gasteiger partial charge in [-0.05, 0) is 38.8 Å². The molecular formula is C13H16O3S. The quantitative estimate of drug-likeness (QED) is 0.611. The molecule has 0 radical (unpaired) electrons. The molecule has 17 heavy (non-hydrogen) atoms. The number of benzene rings is 1. The molecule has 1 aromatic carbocycles. The van der Waals surface area contributed by atoms with Crippen LogP contribution in [0.25, 0.3) is 0 Å². The lowest BCUT2D eigenvalue weighted by Crippen LogP contribution is -2.17. The van der Waals surface area contributed by atoms with Crippen LogP contribution in [0.4, 0.5) is 0 Å². The van der Waals surface area contributed by atoms with E-state index >= 15 is 0 Å². The zero-order chi connectivity index (χ0) is 12.5. The maximum Gasteiger partial charge on any atom is 0.297 e. The zero-order valence-electron chi connectivity index (χ0n) is 10.0. The lowest BCUT2D eigenvalue weighted by molar-refractivity contribution is 0.237. The van der Waals surface area contributed by atoms with E-state index in [4.69, 9.17) is 4.18 Å². The van der Waals surface area contributed by atoms with Crippen molar-refractivity contribution in [3.05, 3.63) is 42.0 Å². The second-order valence-electron chi connectivity index (χ2n) is 4.42. The van der Waals surface area contributed by atoms with Gasteiger partial charge in [-0.2, -0.15) is 8.42 Å². The Balaban J connectivity index is 2.23. The lowest BCUT2D eigenvalue weighted by Gasteiger charge is -2.12. The molecule has 0 unspecified atom stereocenters. The molecule has 0 aliphatic heterocycles. The van der Waals surface area contributed by atoms with Gasteiger partial charge >= 0.3 is 0 Å². The third kappa shape index (κ3) is 2.76. The summed E-state index contributed by atoms with van der Waals surface area (Å²) in [5.74, 6) is 0. The Kier molecular flexibility index (Phi) is 3.10. The Hall–Kier alpha value is -1.13. The zero-order valence-corrected chi connectivity index (χ0v) is 10.8. The van der Waals surface area contributed by atoms with E-state index in [2.05, 4.69) is 0 Å². The first kappa shape index (κ1) is 12.3. The molecule has 0 saturated heterocycles. The number of hydrogen-bond acceptors (Lipinski definition) is 3. The predicted molar refractivity (Wildman–Crippen MR) is 66.2 cm³/mol. The number of rotatable bonds is 4. The number of allylic oxidation sites excluding steroid dienone is 1. The molecule has 0 bridgehead atoms. The second kappa shape index (κ2) is 4.27.